The van der Waals surface area contributed by atoms with Gasteiger partial charge >= 0.3 is 0 Å². The molecular formula is C17H13FN2O. The van der Waals surface area contributed by atoms with E-state index in [9.17, 15) is 9.18 Å². The molecule has 0 atom stereocenters. The molecule has 0 saturated carbocycles. The predicted octanol–water partition coefficient (Wildman–Crippen LogP) is 3.30. The van der Waals surface area contributed by atoms with E-state index in [1.807, 2.05) is 42.5 Å². The first-order valence-corrected chi connectivity index (χ1v) is 6.61. The van der Waals surface area contributed by atoms with E-state index in [-0.39, 0.29) is 5.56 Å². The molecule has 1 heterocycles. The van der Waals surface area contributed by atoms with Gasteiger partial charge in [0, 0.05) is 12.7 Å². The summed E-state index contributed by atoms with van der Waals surface area (Å²) in [5, 5.41) is 4.91. The number of carbonyl (C=O) groups excluding carboxylic acids is 1. The van der Waals surface area contributed by atoms with Gasteiger partial charge in [-0.2, -0.15) is 4.39 Å². The maximum atomic E-state index is 13.4. The van der Waals surface area contributed by atoms with Crippen molar-refractivity contribution in [1.29, 1.82) is 0 Å². The van der Waals surface area contributed by atoms with Crippen LogP contribution in [0.25, 0.3) is 10.8 Å². The molecule has 3 rings (SSSR count). The zero-order chi connectivity index (χ0) is 14.7. The molecule has 1 N–H and O–H groups in total. The van der Waals surface area contributed by atoms with Crippen molar-refractivity contribution in [3.63, 3.8) is 0 Å². The van der Waals surface area contributed by atoms with Gasteiger partial charge in [0.1, 0.15) is 0 Å². The molecular weight excluding hydrogens is 267 g/mol. The van der Waals surface area contributed by atoms with Crippen LogP contribution >= 0.6 is 0 Å². The summed E-state index contributed by atoms with van der Waals surface area (Å²) in [4.78, 5) is 15.5. The molecule has 0 bridgehead atoms. The Morgan fingerprint density at radius 3 is 2.71 bits per heavy atom. The Morgan fingerprint density at radius 2 is 1.86 bits per heavy atom. The highest BCUT2D eigenvalue weighted by atomic mass is 19.1. The Bertz CT molecular complexity index is 796. The van der Waals surface area contributed by atoms with Crippen LogP contribution in [0.4, 0.5) is 4.39 Å². The van der Waals surface area contributed by atoms with Crippen LogP contribution in [-0.2, 0) is 6.54 Å². The van der Waals surface area contributed by atoms with E-state index in [1.54, 1.807) is 0 Å². The van der Waals surface area contributed by atoms with E-state index in [0.717, 1.165) is 16.3 Å². The molecule has 3 nitrogen and oxygen atoms in total. The van der Waals surface area contributed by atoms with Gasteiger partial charge in [-0.05, 0) is 28.5 Å². The summed E-state index contributed by atoms with van der Waals surface area (Å²) >= 11 is 0. The Morgan fingerprint density at radius 1 is 1.05 bits per heavy atom. The van der Waals surface area contributed by atoms with Gasteiger partial charge in [0.15, 0.2) is 0 Å². The standard InChI is InChI=1S/C17H13FN2O/c18-16-15(9-4-10-19-16)17(21)20-11-13-7-3-6-12-5-1-2-8-14(12)13/h1-10H,11H2,(H,20,21). The number of fused-ring (bicyclic) bond motifs is 1. The Balaban J connectivity index is 1.81. The van der Waals surface area contributed by atoms with Crippen LogP contribution in [0.5, 0.6) is 0 Å². The summed E-state index contributed by atoms with van der Waals surface area (Å²) in [6.45, 7) is 0.342. The van der Waals surface area contributed by atoms with Crippen LogP contribution in [0, 0.1) is 5.95 Å². The van der Waals surface area contributed by atoms with Crippen molar-refractivity contribution >= 4 is 16.7 Å². The maximum absolute atomic E-state index is 13.4. The van der Waals surface area contributed by atoms with Crippen LogP contribution < -0.4 is 5.32 Å². The zero-order valence-electron chi connectivity index (χ0n) is 11.2. The first-order chi connectivity index (χ1) is 10.3. The first-order valence-electron chi connectivity index (χ1n) is 6.61. The zero-order valence-corrected chi connectivity index (χ0v) is 11.2. The van der Waals surface area contributed by atoms with Gasteiger partial charge < -0.3 is 5.32 Å². The number of nitrogens with one attached hydrogen (secondary N) is 1. The largest absolute Gasteiger partial charge is 0.348 e. The molecule has 0 unspecified atom stereocenters. The van der Waals surface area contributed by atoms with E-state index < -0.39 is 11.9 Å². The van der Waals surface area contributed by atoms with Gasteiger partial charge in [-0.15, -0.1) is 0 Å². The van der Waals surface area contributed by atoms with Crippen LogP contribution in [0.3, 0.4) is 0 Å². The van der Waals surface area contributed by atoms with Gasteiger partial charge in [0.05, 0.1) is 5.56 Å². The number of amides is 1. The highest BCUT2D eigenvalue weighted by Gasteiger charge is 2.11. The van der Waals surface area contributed by atoms with Crippen molar-refractivity contribution in [2.75, 3.05) is 0 Å². The summed E-state index contributed by atoms with van der Waals surface area (Å²) in [5.74, 6) is -1.22. The Labute approximate surface area is 121 Å². The minimum atomic E-state index is -0.757. The summed E-state index contributed by atoms with van der Waals surface area (Å²) in [7, 11) is 0. The summed E-state index contributed by atoms with van der Waals surface area (Å²) in [6.07, 6.45) is 1.32. The lowest BCUT2D eigenvalue weighted by Crippen LogP contribution is -2.24. The number of rotatable bonds is 3. The van der Waals surface area contributed by atoms with Crippen LogP contribution in [0.15, 0.2) is 60.8 Å². The summed E-state index contributed by atoms with van der Waals surface area (Å²) in [5.41, 5.74) is 0.948. The molecule has 0 radical (unpaired) electrons. The molecule has 0 aliphatic carbocycles. The van der Waals surface area contributed by atoms with Crippen molar-refractivity contribution < 1.29 is 9.18 Å². The minimum absolute atomic E-state index is 0.0438. The quantitative estimate of drug-likeness (QED) is 0.748. The lowest BCUT2D eigenvalue weighted by Gasteiger charge is -2.08. The molecule has 3 aromatic rings. The topological polar surface area (TPSA) is 42.0 Å². The lowest BCUT2D eigenvalue weighted by molar-refractivity contribution is 0.0946. The molecule has 0 spiro atoms. The van der Waals surface area contributed by atoms with E-state index in [2.05, 4.69) is 10.3 Å². The third kappa shape index (κ3) is 2.74. The second-order valence-electron chi connectivity index (χ2n) is 4.66. The predicted molar refractivity (Wildman–Crippen MR) is 79.3 cm³/mol. The van der Waals surface area contributed by atoms with Gasteiger partial charge in [-0.3, -0.25) is 4.79 Å². The molecule has 0 fully saturated rings. The van der Waals surface area contributed by atoms with E-state index in [0.29, 0.717) is 6.54 Å². The average molecular weight is 280 g/mol. The number of hydrogen-bond acceptors (Lipinski definition) is 2. The van der Waals surface area contributed by atoms with Gasteiger partial charge in [0.25, 0.3) is 5.91 Å². The molecule has 0 aliphatic rings. The molecule has 0 saturated heterocycles. The molecule has 1 amide bonds. The SMILES string of the molecule is O=C(NCc1cccc2ccccc12)c1cccnc1F. The number of nitrogens with zero attached hydrogens (tertiary/aromatic N) is 1. The number of carbonyl (C=O) groups is 1. The average Bonchev–Trinajstić information content (AvgIpc) is 2.53. The number of benzene rings is 2. The van der Waals surface area contributed by atoms with Crippen LogP contribution in [0.2, 0.25) is 0 Å². The third-order valence-corrected chi connectivity index (χ3v) is 3.32. The minimum Gasteiger partial charge on any atom is -0.348 e. The molecule has 104 valence electrons. The molecule has 4 heteroatoms. The Hall–Kier alpha value is -2.75. The molecule has 21 heavy (non-hydrogen) atoms. The molecule has 0 aliphatic heterocycles. The fourth-order valence-electron chi connectivity index (χ4n) is 2.27. The van der Waals surface area contributed by atoms with Gasteiger partial charge in [-0.1, -0.05) is 42.5 Å². The first kappa shape index (κ1) is 13.2. The second kappa shape index (κ2) is 5.71. The van der Waals surface area contributed by atoms with Gasteiger partial charge in [0.2, 0.25) is 5.95 Å². The summed E-state index contributed by atoms with van der Waals surface area (Å²) in [6, 6.07) is 16.8. The van der Waals surface area contributed by atoms with E-state index in [1.165, 1.54) is 18.3 Å². The third-order valence-electron chi connectivity index (χ3n) is 3.32. The van der Waals surface area contributed by atoms with E-state index in [4.69, 9.17) is 0 Å². The van der Waals surface area contributed by atoms with Crippen LogP contribution in [-0.4, -0.2) is 10.9 Å². The van der Waals surface area contributed by atoms with E-state index >= 15 is 0 Å². The lowest BCUT2D eigenvalue weighted by atomic mass is 10.0. The van der Waals surface area contributed by atoms with Crippen molar-refractivity contribution in [1.82, 2.24) is 10.3 Å². The number of hydrogen-bond donors (Lipinski definition) is 1. The highest BCUT2D eigenvalue weighted by Crippen LogP contribution is 2.18. The summed E-state index contributed by atoms with van der Waals surface area (Å²) < 4.78 is 13.4. The van der Waals surface area contributed by atoms with Crippen molar-refractivity contribution in [3.8, 4) is 0 Å². The molecule has 1 aromatic heterocycles. The second-order valence-corrected chi connectivity index (χ2v) is 4.66. The van der Waals surface area contributed by atoms with Gasteiger partial charge in [-0.25, -0.2) is 4.98 Å². The fraction of sp³-hybridized carbons (Fsp3) is 0.0588. The van der Waals surface area contributed by atoms with Crippen molar-refractivity contribution in [2.45, 2.75) is 6.54 Å². The number of halogens is 1. The van der Waals surface area contributed by atoms with Crippen LogP contribution in [0.1, 0.15) is 15.9 Å². The maximum Gasteiger partial charge on any atom is 0.256 e. The number of aromatic nitrogens is 1. The highest BCUT2D eigenvalue weighted by molar-refractivity contribution is 5.94. The van der Waals surface area contributed by atoms with Crippen molar-refractivity contribution in [2.24, 2.45) is 0 Å². The smallest absolute Gasteiger partial charge is 0.256 e. The Kier molecular flexibility index (Phi) is 3.60. The number of pyridine rings is 1. The molecule has 2 aromatic carbocycles. The van der Waals surface area contributed by atoms with Crippen molar-refractivity contribution in [3.05, 3.63) is 77.9 Å². The fourth-order valence-corrected chi connectivity index (χ4v) is 2.27. The normalized spacial score (nSPS) is 10.5. The monoisotopic (exact) mass is 280 g/mol.